The number of aryl methyl sites for hydroxylation is 1. The molecule has 166 valence electrons. The van der Waals surface area contributed by atoms with Gasteiger partial charge in [0.1, 0.15) is 0 Å². The molecule has 8 heteroatoms. The number of aromatic nitrogens is 2. The first kappa shape index (κ1) is 20.9. The van der Waals surface area contributed by atoms with Gasteiger partial charge in [-0.2, -0.15) is 0 Å². The van der Waals surface area contributed by atoms with Crippen LogP contribution in [0, 0.1) is 6.92 Å². The van der Waals surface area contributed by atoms with Crippen LogP contribution in [0.15, 0.2) is 52.1 Å². The predicted octanol–water partition coefficient (Wildman–Crippen LogP) is 4.66. The van der Waals surface area contributed by atoms with E-state index in [2.05, 4.69) is 10.2 Å². The summed E-state index contributed by atoms with van der Waals surface area (Å²) in [4.78, 5) is 15.0. The number of thioether (sulfide) groups is 1. The van der Waals surface area contributed by atoms with Crippen molar-refractivity contribution in [1.29, 1.82) is 0 Å². The summed E-state index contributed by atoms with van der Waals surface area (Å²) in [6.45, 7) is 4.08. The van der Waals surface area contributed by atoms with Gasteiger partial charge in [0.25, 0.3) is 5.22 Å². The lowest BCUT2D eigenvalue weighted by atomic mass is 10.0. The molecule has 0 radical (unpaired) electrons. The average molecular weight is 452 g/mol. The number of ether oxygens (including phenoxy) is 2. The Morgan fingerprint density at radius 3 is 2.84 bits per heavy atom. The van der Waals surface area contributed by atoms with Gasteiger partial charge >= 0.3 is 0 Å². The highest BCUT2D eigenvalue weighted by Gasteiger charge is 2.31. The molecule has 5 rings (SSSR count). The summed E-state index contributed by atoms with van der Waals surface area (Å²) < 4.78 is 17.3. The van der Waals surface area contributed by atoms with Crippen molar-refractivity contribution in [3.63, 3.8) is 0 Å². The van der Waals surface area contributed by atoms with Gasteiger partial charge in [-0.3, -0.25) is 4.79 Å². The molecule has 3 heterocycles. The third kappa shape index (κ3) is 4.46. The normalized spacial score (nSPS) is 17.9. The third-order valence-electron chi connectivity index (χ3n) is 5.72. The first-order valence-corrected chi connectivity index (χ1v) is 11.9. The Labute approximate surface area is 191 Å². The van der Waals surface area contributed by atoms with E-state index in [4.69, 9.17) is 13.9 Å². The summed E-state index contributed by atoms with van der Waals surface area (Å²) in [6, 6.07) is 14.0. The highest BCUT2D eigenvalue weighted by Crippen LogP contribution is 2.38. The molecule has 0 N–H and O–H groups in total. The Morgan fingerprint density at radius 1 is 1.09 bits per heavy atom. The number of hydrogen-bond donors (Lipinski definition) is 0. The molecule has 7 nitrogen and oxygen atoms in total. The number of nitrogens with zero attached hydrogens (tertiary/aromatic N) is 3. The minimum atomic E-state index is 0.0470. The second kappa shape index (κ2) is 9.24. The number of carbonyl (C=O) groups is 1. The smallest absolute Gasteiger partial charge is 0.277 e. The fraction of sp³-hybridized carbons (Fsp3) is 0.375. The van der Waals surface area contributed by atoms with Crippen molar-refractivity contribution in [2.24, 2.45) is 0 Å². The van der Waals surface area contributed by atoms with Crippen LogP contribution >= 0.6 is 11.8 Å². The summed E-state index contributed by atoms with van der Waals surface area (Å²) in [5.41, 5.74) is 3.09. The van der Waals surface area contributed by atoms with E-state index in [0.717, 1.165) is 54.0 Å². The number of benzene rings is 2. The van der Waals surface area contributed by atoms with Crippen LogP contribution in [0.4, 0.5) is 0 Å². The summed E-state index contributed by atoms with van der Waals surface area (Å²) in [5, 5.41) is 8.63. The van der Waals surface area contributed by atoms with Crippen molar-refractivity contribution in [3.8, 4) is 23.0 Å². The van der Waals surface area contributed by atoms with Crippen molar-refractivity contribution < 1.29 is 18.7 Å². The Morgan fingerprint density at radius 2 is 1.97 bits per heavy atom. The molecule has 1 aromatic heterocycles. The molecule has 1 atom stereocenters. The van der Waals surface area contributed by atoms with Gasteiger partial charge < -0.3 is 18.8 Å². The molecule has 2 aromatic carbocycles. The van der Waals surface area contributed by atoms with Crippen molar-refractivity contribution in [1.82, 2.24) is 15.1 Å². The van der Waals surface area contributed by atoms with Crippen LogP contribution in [-0.2, 0) is 4.79 Å². The summed E-state index contributed by atoms with van der Waals surface area (Å²) in [6.07, 6.45) is 2.79. The fourth-order valence-corrected chi connectivity index (χ4v) is 4.82. The molecule has 2 aliphatic heterocycles. The highest BCUT2D eigenvalue weighted by molar-refractivity contribution is 7.99. The average Bonchev–Trinajstić information content (AvgIpc) is 3.42. The van der Waals surface area contributed by atoms with Crippen LogP contribution in [0.3, 0.4) is 0 Å². The predicted molar refractivity (Wildman–Crippen MR) is 121 cm³/mol. The Bertz CT molecular complexity index is 1120. The largest absolute Gasteiger partial charge is 0.490 e. The van der Waals surface area contributed by atoms with Gasteiger partial charge in [-0.1, -0.05) is 35.5 Å². The maximum absolute atomic E-state index is 13.0. The van der Waals surface area contributed by atoms with Gasteiger partial charge in [-0.25, -0.2) is 0 Å². The highest BCUT2D eigenvalue weighted by atomic mass is 32.2. The standard InChI is InChI=1S/C24H25N3O4S/c1-16-5-2-6-18(13-16)23-25-26-24(31-23)32-15-22(28)27-10-3-7-19(27)17-8-9-20-21(14-17)30-12-4-11-29-20/h2,5-6,8-9,13-14,19H,3-4,7,10-12,15H2,1H3/t19-/m0/s1. The minimum absolute atomic E-state index is 0.0470. The third-order valence-corrected chi connectivity index (χ3v) is 6.52. The zero-order valence-corrected chi connectivity index (χ0v) is 18.8. The summed E-state index contributed by atoms with van der Waals surface area (Å²) in [7, 11) is 0. The van der Waals surface area contributed by atoms with Crippen LogP contribution < -0.4 is 9.47 Å². The zero-order chi connectivity index (χ0) is 21.9. The zero-order valence-electron chi connectivity index (χ0n) is 18.0. The van der Waals surface area contributed by atoms with E-state index >= 15 is 0 Å². The molecule has 0 spiro atoms. The molecule has 1 saturated heterocycles. The molecule has 0 saturated carbocycles. The van der Waals surface area contributed by atoms with Gasteiger partial charge in [0.2, 0.25) is 11.8 Å². The van der Waals surface area contributed by atoms with Gasteiger partial charge in [0.15, 0.2) is 11.5 Å². The van der Waals surface area contributed by atoms with Crippen LogP contribution in [0.2, 0.25) is 0 Å². The Hall–Kier alpha value is -3.00. The van der Waals surface area contributed by atoms with Crippen LogP contribution in [0.25, 0.3) is 11.5 Å². The van der Waals surface area contributed by atoms with Gasteiger partial charge in [0.05, 0.1) is 25.0 Å². The lowest BCUT2D eigenvalue weighted by molar-refractivity contribution is -0.129. The number of hydrogen-bond acceptors (Lipinski definition) is 7. The maximum Gasteiger partial charge on any atom is 0.277 e. The van der Waals surface area contributed by atoms with Crippen molar-refractivity contribution in [3.05, 3.63) is 53.6 Å². The topological polar surface area (TPSA) is 77.7 Å². The SMILES string of the molecule is Cc1cccc(-c2nnc(SCC(=O)N3CCC[C@H]3c3ccc4c(c3)OCCCO4)o2)c1. The number of rotatable bonds is 5. The molecule has 2 aliphatic rings. The van der Waals surface area contributed by atoms with Gasteiger partial charge in [-0.15, -0.1) is 10.2 Å². The summed E-state index contributed by atoms with van der Waals surface area (Å²) in [5.74, 6) is 2.34. The van der Waals surface area contributed by atoms with Crippen LogP contribution in [0.1, 0.15) is 36.4 Å². The lowest BCUT2D eigenvalue weighted by Crippen LogP contribution is -2.32. The number of amides is 1. The van der Waals surface area contributed by atoms with Crippen LogP contribution in [0.5, 0.6) is 11.5 Å². The number of carbonyl (C=O) groups excluding carboxylic acids is 1. The molecule has 0 unspecified atom stereocenters. The quantitative estimate of drug-likeness (QED) is 0.522. The first-order chi connectivity index (χ1) is 15.7. The van der Waals surface area contributed by atoms with Crippen molar-refractivity contribution >= 4 is 17.7 Å². The van der Waals surface area contributed by atoms with Crippen LogP contribution in [-0.4, -0.2) is 46.5 Å². The second-order valence-corrected chi connectivity index (χ2v) is 8.96. The second-order valence-electron chi connectivity index (χ2n) is 8.03. The van der Waals surface area contributed by atoms with E-state index in [1.165, 1.54) is 11.8 Å². The van der Waals surface area contributed by atoms with Crippen molar-refractivity contribution in [2.45, 2.75) is 37.5 Å². The molecule has 1 amide bonds. The minimum Gasteiger partial charge on any atom is -0.490 e. The first-order valence-electron chi connectivity index (χ1n) is 10.9. The van der Waals surface area contributed by atoms with Gasteiger partial charge in [0, 0.05) is 18.5 Å². The van der Waals surface area contributed by atoms with E-state index in [1.807, 2.05) is 54.3 Å². The molecular formula is C24H25N3O4S. The van der Waals surface area contributed by atoms with E-state index in [9.17, 15) is 4.79 Å². The molecule has 0 aliphatic carbocycles. The molecular weight excluding hydrogens is 426 g/mol. The van der Waals surface area contributed by atoms with E-state index in [-0.39, 0.29) is 17.7 Å². The molecule has 3 aromatic rings. The Kier molecular flexibility index (Phi) is 6.03. The van der Waals surface area contributed by atoms with E-state index < -0.39 is 0 Å². The van der Waals surface area contributed by atoms with E-state index in [1.54, 1.807) is 0 Å². The monoisotopic (exact) mass is 451 g/mol. The molecule has 1 fully saturated rings. The summed E-state index contributed by atoms with van der Waals surface area (Å²) >= 11 is 1.28. The van der Waals surface area contributed by atoms with Gasteiger partial charge in [-0.05, 0) is 49.6 Å². The fourth-order valence-electron chi connectivity index (χ4n) is 4.17. The van der Waals surface area contributed by atoms with Crippen molar-refractivity contribution in [2.75, 3.05) is 25.5 Å². The molecule has 0 bridgehead atoms. The lowest BCUT2D eigenvalue weighted by Gasteiger charge is -2.25. The number of likely N-dealkylation sites (tertiary alicyclic amines) is 1. The Balaban J connectivity index is 1.24. The number of fused-ring (bicyclic) bond motifs is 1. The maximum atomic E-state index is 13.0. The molecule has 32 heavy (non-hydrogen) atoms. The van der Waals surface area contributed by atoms with E-state index in [0.29, 0.717) is 24.3 Å².